The number of fused-ring (bicyclic) bond motifs is 1. The van der Waals surface area contributed by atoms with Crippen LogP contribution in [0.25, 0.3) is 0 Å². The topological polar surface area (TPSA) is 41.6 Å². The molecular weight excluding hydrogens is 268 g/mol. The molecule has 1 aromatic rings. The molecule has 0 atom stereocenters. The van der Waals surface area contributed by atoms with E-state index >= 15 is 0 Å². The van der Waals surface area contributed by atoms with E-state index in [1.54, 1.807) is 0 Å². The van der Waals surface area contributed by atoms with E-state index in [2.05, 4.69) is 5.32 Å². The van der Waals surface area contributed by atoms with Gasteiger partial charge in [-0.05, 0) is 30.8 Å². The zero-order chi connectivity index (χ0) is 12.7. The first kappa shape index (κ1) is 11.6. The van der Waals surface area contributed by atoms with Crippen LogP contribution in [-0.2, 0) is 4.79 Å². The van der Waals surface area contributed by atoms with E-state index in [9.17, 15) is 4.79 Å². The van der Waals surface area contributed by atoms with Crippen LogP contribution in [0.15, 0.2) is 35.1 Å². The monoisotopic (exact) mass is 278 g/mol. The number of anilines is 1. The maximum atomic E-state index is 11.8. The number of hydrogen-bond donors (Lipinski definition) is 1. The molecule has 0 unspecified atom stereocenters. The molecule has 2 aliphatic heterocycles. The summed E-state index contributed by atoms with van der Waals surface area (Å²) in [4.78, 5) is 14.3. The van der Waals surface area contributed by atoms with E-state index in [4.69, 9.17) is 17.0 Å². The largest absolute Gasteiger partial charge is 0.437 e. The Hall–Kier alpha value is -1.53. The Morgan fingerprint density at radius 3 is 2.89 bits per heavy atom. The Morgan fingerprint density at radius 1 is 1.44 bits per heavy atom. The quantitative estimate of drug-likeness (QED) is 0.630. The van der Waals surface area contributed by atoms with Crippen molar-refractivity contribution in [2.45, 2.75) is 6.92 Å². The predicted octanol–water partition coefficient (Wildman–Crippen LogP) is 2.22. The summed E-state index contributed by atoms with van der Waals surface area (Å²) in [6, 6.07) is 7.72. The Morgan fingerprint density at radius 2 is 2.22 bits per heavy atom. The lowest BCUT2D eigenvalue weighted by molar-refractivity contribution is -0.115. The molecular formula is C12H10N2O2S2. The van der Waals surface area contributed by atoms with E-state index in [1.165, 1.54) is 11.8 Å². The fraction of sp³-hybridized carbons (Fsp3) is 0.167. The molecule has 6 heteroatoms. The smallest absolute Gasteiger partial charge is 0.269 e. The number of thiocarbonyl (C=S) groups is 1. The van der Waals surface area contributed by atoms with Crippen molar-refractivity contribution in [3.8, 4) is 5.75 Å². The molecule has 1 fully saturated rings. The molecule has 0 aromatic heterocycles. The van der Waals surface area contributed by atoms with Gasteiger partial charge in [0.25, 0.3) is 5.91 Å². The molecule has 0 bridgehead atoms. The lowest BCUT2D eigenvalue weighted by atomic mass is 10.3. The van der Waals surface area contributed by atoms with Crippen LogP contribution < -0.4 is 15.0 Å². The molecule has 1 N–H and O–H groups in total. The lowest BCUT2D eigenvalue weighted by Crippen LogP contribution is -2.24. The minimum atomic E-state index is -0.189. The number of hydrogen-bond acceptors (Lipinski definition) is 5. The molecule has 3 rings (SSSR count). The Bertz CT molecular complexity index is 583. The first-order chi connectivity index (χ1) is 8.70. The van der Waals surface area contributed by atoms with Gasteiger partial charge in [0.2, 0.25) is 5.88 Å². The first-order valence-electron chi connectivity index (χ1n) is 5.52. The van der Waals surface area contributed by atoms with Gasteiger partial charge in [0.15, 0.2) is 5.75 Å². The highest BCUT2D eigenvalue weighted by Crippen LogP contribution is 2.42. The second-order valence-electron chi connectivity index (χ2n) is 3.79. The first-order valence-corrected chi connectivity index (χ1v) is 6.75. The third-order valence-corrected chi connectivity index (χ3v) is 3.94. The van der Waals surface area contributed by atoms with Gasteiger partial charge in [-0.2, -0.15) is 0 Å². The summed E-state index contributed by atoms with van der Waals surface area (Å²) in [5, 5.41) is 2.61. The number of nitrogens with zero attached hydrogens (tertiary/aromatic N) is 1. The van der Waals surface area contributed by atoms with Gasteiger partial charge in [0.05, 0.1) is 5.69 Å². The summed E-state index contributed by atoms with van der Waals surface area (Å²) >= 11 is 6.24. The van der Waals surface area contributed by atoms with Crippen molar-refractivity contribution in [3.05, 3.63) is 35.1 Å². The van der Waals surface area contributed by atoms with Crippen LogP contribution in [0.3, 0.4) is 0 Å². The fourth-order valence-electron chi connectivity index (χ4n) is 1.97. The average molecular weight is 278 g/mol. The van der Waals surface area contributed by atoms with Crippen LogP contribution in [0.5, 0.6) is 5.75 Å². The van der Waals surface area contributed by atoms with E-state index in [0.29, 0.717) is 15.1 Å². The third kappa shape index (κ3) is 1.69. The van der Waals surface area contributed by atoms with Crippen molar-refractivity contribution in [3.63, 3.8) is 0 Å². The molecule has 1 saturated heterocycles. The maximum Gasteiger partial charge on any atom is 0.269 e. The summed E-state index contributed by atoms with van der Waals surface area (Å²) in [5.74, 6) is 1.15. The highest BCUT2D eigenvalue weighted by atomic mass is 32.2. The zero-order valence-corrected chi connectivity index (χ0v) is 11.2. The van der Waals surface area contributed by atoms with Crippen LogP contribution in [0.2, 0.25) is 0 Å². The molecule has 4 nitrogen and oxygen atoms in total. The fourth-order valence-corrected chi connectivity index (χ4v) is 3.03. The summed E-state index contributed by atoms with van der Waals surface area (Å²) in [5.41, 5.74) is 0.980. The number of carbonyl (C=O) groups excluding carboxylic acids is 1. The van der Waals surface area contributed by atoms with Crippen molar-refractivity contribution in [1.29, 1.82) is 0 Å². The van der Waals surface area contributed by atoms with Gasteiger partial charge in [-0.1, -0.05) is 24.4 Å². The SMILES string of the molecule is CCN1/C(=C2/SC(=S)NC2=O)Oc2ccccc21. The number of nitrogens with one attached hydrogen (secondary N) is 1. The standard InChI is InChI=1S/C12H10N2O2S2/c1-2-14-7-5-3-4-6-8(7)16-11(14)9-10(15)13-12(17)18-9/h3-6H,2H2,1H3,(H,13,15,17)/b11-9-. The summed E-state index contributed by atoms with van der Waals surface area (Å²) < 4.78 is 6.25. The van der Waals surface area contributed by atoms with Gasteiger partial charge < -0.3 is 15.0 Å². The van der Waals surface area contributed by atoms with Gasteiger partial charge >= 0.3 is 0 Å². The summed E-state index contributed by atoms with van der Waals surface area (Å²) in [6.45, 7) is 2.75. The Labute approximate surface area is 114 Å². The Balaban J connectivity index is 2.09. The molecule has 2 heterocycles. The number of benzene rings is 1. The zero-order valence-electron chi connectivity index (χ0n) is 9.60. The van der Waals surface area contributed by atoms with E-state index < -0.39 is 0 Å². The highest BCUT2D eigenvalue weighted by Gasteiger charge is 2.34. The van der Waals surface area contributed by atoms with Crippen molar-refractivity contribution < 1.29 is 9.53 Å². The van der Waals surface area contributed by atoms with Crippen LogP contribution in [0.4, 0.5) is 5.69 Å². The summed E-state index contributed by atoms with van der Waals surface area (Å²) in [6.07, 6.45) is 0. The molecule has 18 heavy (non-hydrogen) atoms. The Kier molecular flexibility index (Phi) is 2.76. The summed E-state index contributed by atoms with van der Waals surface area (Å²) in [7, 11) is 0. The van der Waals surface area contributed by atoms with Gasteiger partial charge in [-0.25, -0.2) is 0 Å². The number of carbonyl (C=O) groups is 1. The van der Waals surface area contributed by atoms with Gasteiger partial charge in [-0.3, -0.25) is 4.79 Å². The molecule has 1 amide bonds. The molecule has 92 valence electrons. The van der Waals surface area contributed by atoms with Gasteiger partial charge in [-0.15, -0.1) is 0 Å². The van der Waals surface area contributed by atoms with Crippen LogP contribution in [0, 0.1) is 0 Å². The number of thioether (sulfide) groups is 1. The molecule has 1 aromatic carbocycles. The highest BCUT2D eigenvalue weighted by molar-refractivity contribution is 8.26. The van der Waals surface area contributed by atoms with E-state index in [1.807, 2.05) is 36.1 Å². The van der Waals surface area contributed by atoms with Crippen LogP contribution in [-0.4, -0.2) is 16.8 Å². The molecule has 0 radical (unpaired) electrons. The minimum absolute atomic E-state index is 0.189. The maximum absolute atomic E-state index is 11.8. The van der Waals surface area contributed by atoms with Crippen molar-refractivity contribution in [1.82, 2.24) is 5.32 Å². The molecule has 0 saturated carbocycles. The van der Waals surface area contributed by atoms with Crippen molar-refractivity contribution >= 4 is 39.9 Å². The van der Waals surface area contributed by atoms with E-state index in [0.717, 1.165) is 18.0 Å². The van der Waals surface area contributed by atoms with Crippen molar-refractivity contribution in [2.75, 3.05) is 11.4 Å². The minimum Gasteiger partial charge on any atom is -0.437 e. The normalized spacial score (nSPS) is 21.9. The van der Waals surface area contributed by atoms with Crippen molar-refractivity contribution in [2.24, 2.45) is 0 Å². The molecule has 2 aliphatic rings. The number of rotatable bonds is 1. The molecule has 0 spiro atoms. The van der Waals surface area contributed by atoms with Gasteiger partial charge in [0, 0.05) is 6.54 Å². The van der Waals surface area contributed by atoms with Gasteiger partial charge in [0.1, 0.15) is 9.23 Å². The molecule has 0 aliphatic carbocycles. The third-order valence-electron chi connectivity index (χ3n) is 2.73. The van der Waals surface area contributed by atoms with Crippen LogP contribution in [0.1, 0.15) is 6.92 Å². The van der Waals surface area contributed by atoms with Crippen LogP contribution >= 0.6 is 24.0 Å². The number of amides is 1. The second-order valence-corrected chi connectivity index (χ2v) is 5.48. The van der Waals surface area contributed by atoms with E-state index in [-0.39, 0.29) is 5.91 Å². The lowest BCUT2D eigenvalue weighted by Gasteiger charge is -2.16. The number of para-hydroxylation sites is 2. The average Bonchev–Trinajstić information content (AvgIpc) is 2.88. The predicted molar refractivity (Wildman–Crippen MR) is 75.4 cm³/mol. The number of ether oxygens (including phenoxy) is 1. The second kappa shape index (κ2) is 4.29.